The van der Waals surface area contributed by atoms with Gasteiger partial charge in [0.2, 0.25) is 5.69 Å². The lowest BCUT2D eigenvalue weighted by molar-refractivity contribution is 0.0249. The van der Waals surface area contributed by atoms with Gasteiger partial charge in [-0.15, -0.1) is 11.3 Å². The molecule has 1 aromatic carbocycles. The van der Waals surface area contributed by atoms with E-state index in [9.17, 15) is 5.11 Å². The van der Waals surface area contributed by atoms with Crippen LogP contribution in [0.5, 0.6) is 0 Å². The van der Waals surface area contributed by atoms with Gasteiger partial charge in [0.15, 0.2) is 0 Å². The molecule has 9 heteroatoms. The molecule has 1 fully saturated rings. The Bertz CT molecular complexity index is 1040. The Labute approximate surface area is 182 Å². The minimum absolute atomic E-state index is 0.0657. The molecule has 0 bridgehead atoms. The summed E-state index contributed by atoms with van der Waals surface area (Å²) in [6.07, 6.45) is 3.94. The second-order valence-electron chi connectivity index (χ2n) is 6.58. The summed E-state index contributed by atoms with van der Waals surface area (Å²) in [5.41, 5.74) is 2.04. The van der Waals surface area contributed by atoms with Gasteiger partial charge in [0, 0.05) is 47.7 Å². The zero-order chi connectivity index (χ0) is 20.4. The first-order chi connectivity index (χ1) is 14.1. The molecule has 6 nitrogen and oxygen atoms in total. The van der Waals surface area contributed by atoms with Gasteiger partial charge in [-0.2, -0.15) is 0 Å². The summed E-state index contributed by atoms with van der Waals surface area (Å²) in [6, 6.07) is 5.29. The van der Waals surface area contributed by atoms with Gasteiger partial charge in [-0.25, -0.2) is 9.83 Å². The molecule has 1 aliphatic heterocycles. The van der Waals surface area contributed by atoms with E-state index in [-0.39, 0.29) is 12.7 Å². The monoisotopic (exact) mass is 448 g/mol. The van der Waals surface area contributed by atoms with Gasteiger partial charge in [0.05, 0.1) is 29.2 Å². The number of anilines is 1. The van der Waals surface area contributed by atoms with Crippen molar-refractivity contribution in [2.24, 2.45) is 0 Å². The van der Waals surface area contributed by atoms with Crippen LogP contribution in [0, 0.1) is 6.57 Å². The maximum absolute atomic E-state index is 9.27. The van der Waals surface area contributed by atoms with Crippen LogP contribution in [0.1, 0.15) is 6.42 Å². The number of aliphatic hydroxyl groups is 1. The number of rotatable bonds is 5. The molecule has 1 aliphatic rings. The van der Waals surface area contributed by atoms with Crippen LogP contribution < -0.4 is 4.90 Å². The van der Waals surface area contributed by atoms with Crippen LogP contribution in [0.15, 0.2) is 30.6 Å². The molecule has 2 N–H and O–H groups in total. The molecule has 4 rings (SSSR count). The Morgan fingerprint density at radius 2 is 2.28 bits per heavy atom. The Balaban J connectivity index is 1.87. The maximum atomic E-state index is 9.27. The van der Waals surface area contributed by atoms with E-state index in [2.05, 4.69) is 19.7 Å². The number of nitrogens with one attached hydrogen (secondary N) is 1. The smallest absolute Gasteiger partial charge is 0.229 e. The van der Waals surface area contributed by atoms with Gasteiger partial charge in [-0.1, -0.05) is 29.3 Å². The predicted octanol–water partition coefficient (Wildman–Crippen LogP) is 5.25. The highest BCUT2D eigenvalue weighted by Crippen LogP contribution is 2.53. The van der Waals surface area contributed by atoms with E-state index in [0.29, 0.717) is 47.7 Å². The average Bonchev–Trinajstić information content (AvgIpc) is 3.36. The number of aromatic nitrogens is 2. The number of hydrogen-bond acceptors (Lipinski definition) is 5. The number of aromatic amines is 1. The Hall–Kier alpha value is -2.08. The van der Waals surface area contributed by atoms with Gasteiger partial charge in [-0.3, -0.25) is 0 Å². The second kappa shape index (κ2) is 8.74. The number of nitrogens with zero attached hydrogens (tertiary/aromatic N) is 3. The Morgan fingerprint density at radius 3 is 2.97 bits per heavy atom. The molecule has 3 aromatic rings. The van der Waals surface area contributed by atoms with Crippen molar-refractivity contribution in [3.63, 3.8) is 0 Å². The second-order valence-corrected chi connectivity index (χ2v) is 8.43. The molecule has 0 spiro atoms. The molecule has 0 radical (unpaired) electrons. The largest absolute Gasteiger partial charge is 0.396 e. The summed E-state index contributed by atoms with van der Waals surface area (Å²) in [7, 11) is 0. The Kier molecular flexibility index (Phi) is 6.09. The number of ether oxygens (including phenoxy) is 1. The zero-order valence-electron chi connectivity index (χ0n) is 15.4. The quantitative estimate of drug-likeness (QED) is 0.523. The fourth-order valence-corrected chi connectivity index (χ4v) is 5.20. The van der Waals surface area contributed by atoms with E-state index in [1.165, 1.54) is 11.3 Å². The maximum Gasteiger partial charge on any atom is 0.229 e. The normalized spacial score (nSPS) is 16.8. The van der Waals surface area contributed by atoms with E-state index in [1.807, 2.05) is 6.07 Å². The summed E-state index contributed by atoms with van der Waals surface area (Å²) in [6.45, 7) is 9.83. The van der Waals surface area contributed by atoms with Gasteiger partial charge >= 0.3 is 0 Å². The number of hydrogen-bond donors (Lipinski definition) is 2. The summed E-state index contributed by atoms with van der Waals surface area (Å²) in [5, 5.41) is 11.2. The first-order valence-corrected chi connectivity index (χ1v) is 10.7. The van der Waals surface area contributed by atoms with Crippen molar-refractivity contribution in [1.82, 2.24) is 9.97 Å². The third kappa shape index (κ3) is 4.00. The average molecular weight is 449 g/mol. The van der Waals surface area contributed by atoms with Crippen molar-refractivity contribution in [3.8, 4) is 21.8 Å². The van der Waals surface area contributed by atoms with Crippen LogP contribution in [0.4, 0.5) is 10.7 Å². The lowest BCUT2D eigenvalue weighted by Gasteiger charge is -2.33. The van der Waals surface area contributed by atoms with E-state index < -0.39 is 0 Å². The third-order valence-corrected chi connectivity index (χ3v) is 6.56. The van der Waals surface area contributed by atoms with Crippen molar-refractivity contribution in [2.75, 3.05) is 31.2 Å². The van der Waals surface area contributed by atoms with Crippen LogP contribution in [0.3, 0.4) is 0 Å². The van der Waals surface area contributed by atoms with Crippen molar-refractivity contribution >= 4 is 45.2 Å². The van der Waals surface area contributed by atoms with Gasteiger partial charge in [-0.05, 0) is 24.1 Å². The fourth-order valence-electron chi connectivity index (χ4n) is 3.45. The van der Waals surface area contributed by atoms with Crippen molar-refractivity contribution < 1.29 is 9.84 Å². The van der Waals surface area contributed by atoms with Crippen molar-refractivity contribution in [3.05, 3.63) is 52.1 Å². The first kappa shape index (κ1) is 20.2. The molecule has 1 atom stereocenters. The summed E-state index contributed by atoms with van der Waals surface area (Å²) < 4.78 is 5.74. The number of benzene rings is 1. The number of aliphatic hydroxyl groups excluding tert-OH is 1. The standard InChI is InChI=1S/C20H18Cl2N4O2S/c1-23-17-16(14-3-2-12(21)10-15(14)22)18(19-24-5-6-25-19)29-20(17)26-7-9-28-13(11-26)4-8-27/h2-3,5-6,10,13,27H,4,7-9,11H2,(H,24,25). The molecular weight excluding hydrogens is 431 g/mol. The van der Waals surface area contributed by atoms with Crippen LogP contribution in [0.25, 0.3) is 26.7 Å². The summed E-state index contributed by atoms with van der Waals surface area (Å²) in [5.74, 6) is 0.687. The van der Waals surface area contributed by atoms with Crippen LogP contribution in [0.2, 0.25) is 10.0 Å². The molecule has 1 saturated heterocycles. The third-order valence-electron chi connectivity index (χ3n) is 4.77. The molecule has 2 aromatic heterocycles. The minimum atomic E-state index is -0.0657. The van der Waals surface area contributed by atoms with Crippen LogP contribution in [-0.4, -0.2) is 47.5 Å². The molecule has 29 heavy (non-hydrogen) atoms. The molecule has 0 aliphatic carbocycles. The van der Waals surface area contributed by atoms with Crippen LogP contribution >= 0.6 is 34.5 Å². The summed E-state index contributed by atoms with van der Waals surface area (Å²) in [4.78, 5) is 14.4. The van der Waals surface area contributed by atoms with Crippen molar-refractivity contribution in [1.29, 1.82) is 0 Å². The van der Waals surface area contributed by atoms with E-state index in [0.717, 1.165) is 21.0 Å². The van der Waals surface area contributed by atoms with Gasteiger partial charge < -0.3 is 19.7 Å². The zero-order valence-corrected chi connectivity index (χ0v) is 17.7. The molecule has 0 amide bonds. The molecule has 1 unspecified atom stereocenters. The molecule has 3 heterocycles. The van der Waals surface area contributed by atoms with Gasteiger partial charge in [0.25, 0.3) is 0 Å². The predicted molar refractivity (Wildman–Crippen MR) is 117 cm³/mol. The topological polar surface area (TPSA) is 65.7 Å². The van der Waals surface area contributed by atoms with E-state index >= 15 is 0 Å². The molecule has 150 valence electrons. The lowest BCUT2D eigenvalue weighted by atomic mass is 10.0. The summed E-state index contributed by atoms with van der Waals surface area (Å²) >= 11 is 14.1. The highest BCUT2D eigenvalue weighted by molar-refractivity contribution is 7.20. The highest BCUT2D eigenvalue weighted by Gasteiger charge is 2.29. The Morgan fingerprint density at radius 1 is 1.41 bits per heavy atom. The SMILES string of the molecule is [C-]#[N+]c1c(N2CCOC(CCO)C2)sc(-c2ncc[nH]2)c1-c1ccc(Cl)cc1Cl. The number of H-pyrrole nitrogens is 1. The fraction of sp³-hybridized carbons (Fsp3) is 0.300. The van der Waals surface area contributed by atoms with Crippen molar-refractivity contribution in [2.45, 2.75) is 12.5 Å². The van der Waals surface area contributed by atoms with Crippen LogP contribution in [-0.2, 0) is 4.74 Å². The molecule has 0 saturated carbocycles. The number of thiophene rings is 1. The number of imidazole rings is 1. The number of morpholine rings is 1. The van der Waals surface area contributed by atoms with E-state index in [1.54, 1.807) is 24.5 Å². The minimum Gasteiger partial charge on any atom is -0.396 e. The van der Waals surface area contributed by atoms with E-state index in [4.69, 9.17) is 34.5 Å². The molecular formula is C20H18Cl2N4O2S. The lowest BCUT2D eigenvalue weighted by Crippen LogP contribution is -2.42. The highest BCUT2D eigenvalue weighted by atomic mass is 35.5. The first-order valence-electron chi connectivity index (χ1n) is 9.09. The number of halogens is 2. The van der Waals surface area contributed by atoms with Gasteiger partial charge in [0.1, 0.15) is 5.82 Å².